The first-order valence-electron chi connectivity index (χ1n) is 16.1. The van der Waals surface area contributed by atoms with E-state index in [2.05, 4.69) is 180 Å². The standard InChI is InChI=1S/C46H27N/c1-2-11-30(12-3-1)35-15-4-5-16-37(35)38-26-22-32-23-27-41-36(25-21-31-24-28-42(38)46(32)45(31)41)33-13-10-14-34(29-33)47-43-19-8-6-17-39(43)40-18-7-9-20-44(40)47/h1-9,11-12,14-29H. The van der Waals surface area contributed by atoms with Crippen LogP contribution in [0, 0.1) is 12.1 Å². The van der Waals surface area contributed by atoms with Crippen LogP contribution in [-0.2, 0) is 0 Å². The molecule has 0 unspecified atom stereocenters. The molecule has 0 atom stereocenters. The fourth-order valence-electron chi connectivity index (χ4n) is 7.75. The van der Waals surface area contributed by atoms with Gasteiger partial charge in [0.2, 0.25) is 0 Å². The summed E-state index contributed by atoms with van der Waals surface area (Å²) in [4.78, 5) is 0. The molecular formula is C46H27N. The Hall–Kier alpha value is -6.36. The Labute approximate surface area is 272 Å². The molecule has 0 aliphatic carbocycles. The predicted octanol–water partition coefficient (Wildman–Crippen LogP) is 12.3. The highest BCUT2D eigenvalue weighted by Crippen LogP contribution is 2.44. The number of fused-ring (bicyclic) bond motifs is 3. The van der Waals surface area contributed by atoms with Crippen molar-refractivity contribution in [2.45, 2.75) is 0 Å². The largest absolute Gasteiger partial charge is 0.309 e. The van der Waals surface area contributed by atoms with Gasteiger partial charge in [0.05, 0.1) is 16.7 Å². The van der Waals surface area contributed by atoms with E-state index in [4.69, 9.17) is 0 Å². The third kappa shape index (κ3) is 3.86. The van der Waals surface area contributed by atoms with E-state index >= 15 is 0 Å². The molecule has 0 saturated carbocycles. The molecule has 0 N–H and O–H groups in total. The average molecular weight is 594 g/mol. The number of rotatable bonds is 4. The molecule has 216 valence electrons. The van der Waals surface area contributed by atoms with E-state index in [0.29, 0.717) is 0 Å². The second kappa shape index (κ2) is 10.1. The lowest BCUT2D eigenvalue weighted by Crippen LogP contribution is -1.94. The number of nitrogens with zero attached hydrogens (tertiary/aromatic N) is 1. The number of benzene rings is 8. The summed E-state index contributed by atoms with van der Waals surface area (Å²) in [5, 5.41) is 10.1. The maximum atomic E-state index is 3.48. The van der Waals surface area contributed by atoms with Gasteiger partial charge in [-0.05, 0) is 78.3 Å². The Morgan fingerprint density at radius 3 is 1.66 bits per heavy atom. The van der Waals surface area contributed by atoms with E-state index in [1.54, 1.807) is 0 Å². The molecule has 0 amide bonds. The van der Waals surface area contributed by atoms with E-state index in [1.165, 1.54) is 81.9 Å². The highest BCUT2D eigenvalue weighted by atomic mass is 15.0. The monoisotopic (exact) mass is 593 g/mol. The molecule has 0 aliphatic rings. The molecule has 1 heterocycles. The number of aromatic nitrogens is 1. The zero-order valence-electron chi connectivity index (χ0n) is 25.5. The van der Waals surface area contributed by atoms with Crippen molar-refractivity contribution >= 4 is 54.1 Å². The first-order valence-corrected chi connectivity index (χ1v) is 16.1. The van der Waals surface area contributed by atoms with Crippen LogP contribution in [0.4, 0.5) is 0 Å². The molecule has 47 heavy (non-hydrogen) atoms. The van der Waals surface area contributed by atoms with Crippen LogP contribution in [-0.4, -0.2) is 4.57 Å². The van der Waals surface area contributed by atoms with Crippen LogP contribution in [0.3, 0.4) is 0 Å². The summed E-state index contributed by atoms with van der Waals surface area (Å²) >= 11 is 0. The molecule has 10 rings (SSSR count). The smallest absolute Gasteiger partial charge is 0.0558 e. The van der Waals surface area contributed by atoms with Crippen molar-refractivity contribution in [3.8, 4) is 39.1 Å². The third-order valence-corrected chi connectivity index (χ3v) is 9.81. The van der Waals surface area contributed by atoms with Crippen LogP contribution >= 0.6 is 0 Å². The maximum absolute atomic E-state index is 3.48. The van der Waals surface area contributed by atoms with Crippen LogP contribution < -0.4 is 0 Å². The minimum atomic E-state index is 1.04. The Morgan fingerprint density at radius 1 is 0.404 bits per heavy atom. The van der Waals surface area contributed by atoms with Crippen LogP contribution in [0.5, 0.6) is 0 Å². The van der Waals surface area contributed by atoms with Crippen molar-refractivity contribution in [2.24, 2.45) is 0 Å². The molecule has 1 heteroatoms. The summed E-state index contributed by atoms with van der Waals surface area (Å²) in [6.07, 6.45) is 0. The Kier molecular flexibility index (Phi) is 5.56. The van der Waals surface area contributed by atoms with Gasteiger partial charge in [0, 0.05) is 22.4 Å². The maximum Gasteiger partial charge on any atom is 0.0558 e. The molecule has 0 saturated heterocycles. The summed E-state index contributed by atoms with van der Waals surface area (Å²) in [6, 6.07) is 66.2. The van der Waals surface area contributed by atoms with Crippen molar-refractivity contribution in [3.05, 3.63) is 176 Å². The Morgan fingerprint density at radius 2 is 0.957 bits per heavy atom. The van der Waals surface area contributed by atoms with Crippen LogP contribution in [0.25, 0.3) is 93.2 Å². The topological polar surface area (TPSA) is 4.93 Å². The van der Waals surface area contributed by atoms with Gasteiger partial charge < -0.3 is 4.57 Å². The van der Waals surface area contributed by atoms with Crippen molar-refractivity contribution in [3.63, 3.8) is 0 Å². The van der Waals surface area contributed by atoms with E-state index in [1.807, 2.05) is 0 Å². The van der Waals surface area contributed by atoms with Gasteiger partial charge in [-0.15, -0.1) is 0 Å². The zero-order valence-corrected chi connectivity index (χ0v) is 25.5. The molecule has 1 aromatic heterocycles. The van der Waals surface area contributed by atoms with E-state index in [-0.39, 0.29) is 0 Å². The lowest BCUT2D eigenvalue weighted by Gasteiger charge is -2.18. The first-order chi connectivity index (χ1) is 23.3. The SMILES string of the molecule is c1cc(-n2c3ccccc3c3ccccc32)cc(-c2ccc3ccc4c(-c5ccccc5-c5ccccc5)ccc5ccc2c3c54)c#1. The Balaban J connectivity index is 1.20. The summed E-state index contributed by atoms with van der Waals surface area (Å²) < 4.78 is 2.35. The van der Waals surface area contributed by atoms with Crippen LogP contribution in [0.1, 0.15) is 0 Å². The van der Waals surface area contributed by atoms with E-state index < -0.39 is 0 Å². The van der Waals surface area contributed by atoms with E-state index in [9.17, 15) is 0 Å². The fourth-order valence-corrected chi connectivity index (χ4v) is 7.75. The van der Waals surface area contributed by atoms with Gasteiger partial charge in [0.1, 0.15) is 0 Å². The Bertz CT molecular complexity index is 2730. The van der Waals surface area contributed by atoms with Crippen molar-refractivity contribution in [1.82, 2.24) is 4.57 Å². The van der Waals surface area contributed by atoms with Gasteiger partial charge >= 0.3 is 0 Å². The van der Waals surface area contributed by atoms with Crippen LogP contribution in [0.15, 0.2) is 164 Å². The highest BCUT2D eigenvalue weighted by molar-refractivity contribution is 6.27. The molecule has 0 fully saturated rings. The normalized spacial score (nSPS) is 11.7. The van der Waals surface area contributed by atoms with Gasteiger partial charge in [0.15, 0.2) is 0 Å². The number of hydrogen-bond acceptors (Lipinski definition) is 0. The molecule has 1 nitrogen and oxygen atoms in total. The molecule has 0 radical (unpaired) electrons. The first kappa shape index (κ1) is 25.9. The lowest BCUT2D eigenvalue weighted by atomic mass is 9.86. The van der Waals surface area contributed by atoms with Gasteiger partial charge in [-0.1, -0.05) is 152 Å². The third-order valence-electron chi connectivity index (χ3n) is 9.81. The summed E-state index contributed by atoms with van der Waals surface area (Å²) in [6.45, 7) is 0. The second-order valence-electron chi connectivity index (χ2n) is 12.3. The van der Waals surface area contributed by atoms with Gasteiger partial charge in [-0.3, -0.25) is 0 Å². The molecule has 0 spiro atoms. The van der Waals surface area contributed by atoms with Crippen molar-refractivity contribution in [2.75, 3.05) is 0 Å². The second-order valence-corrected chi connectivity index (χ2v) is 12.3. The summed E-state index contributed by atoms with van der Waals surface area (Å²) in [5.74, 6) is 0. The lowest BCUT2D eigenvalue weighted by molar-refractivity contribution is 1.18. The zero-order chi connectivity index (χ0) is 30.9. The van der Waals surface area contributed by atoms with Gasteiger partial charge in [-0.2, -0.15) is 0 Å². The quantitative estimate of drug-likeness (QED) is 0.179. The van der Waals surface area contributed by atoms with Crippen LogP contribution in [0.2, 0.25) is 0 Å². The molecule has 0 bridgehead atoms. The number of para-hydroxylation sites is 2. The minimum absolute atomic E-state index is 1.04. The highest BCUT2D eigenvalue weighted by Gasteiger charge is 2.17. The van der Waals surface area contributed by atoms with Gasteiger partial charge in [-0.25, -0.2) is 0 Å². The predicted molar refractivity (Wildman–Crippen MR) is 198 cm³/mol. The molecule has 9 aromatic carbocycles. The molecule has 0 aliphatic heterocycles. The minimum Gasteiger partial charge on any atom is -0.309 e. The fraction of sp³-hybridized carbons (Fsp3) is 0. The van der Waals surface area contributed by atoms with E-state index in [0.717, 1.165) is 11.3 Å². The summed E-state index contributed by atoms with van der Waals surface area (Å²) in [5.41, 5.74) is 10.7. The van der Waals surface area contributed by atoms with Gasteiger partial charge in [0.25, 0.3) is 0 Å². The van der Waals surface area contributed by atoms with Crippen molar-refractivity contribution in [1.29, 1.82) is 0 Å². The van der Waals surface area contributed by atoms with Crippen molar-refractivity contribution < 1.29 is 0 Å². The number of hydrogen-bond donors (Lipinski definition) is 0. The summed E-state index contributed by atoms with van der Waals surface area (Å²) in [7, 11) is 0. The molecular weight excluding hydrogens is 567 g/mol. The molecule has 10 aromatic rings. The average Bonchev–Trinajstić information content (AvgIpc) is 3.48.